The van der Waals surface area contributed by atoms with E-state index in [4.69, 9.17) is 0 Å². The van der Waals surface area contributed by atoms with E-state index in [0.717, 1.165) is 11.3 Å². The summed E-state index contributed by atoms with van der Waals surface area (Å²) in [5, 5.41) is 9.19. The van der Waals surface area contributed by atoms with Crippen LogP contribution in [0.25, 0.3) is 0 Å². The third-order valence-corrected chi connectivity index (χ3v) is 4.61. The molecule has 6 heteroatoms. The van der Waals surface area contributed by atoms with E-state index in [1.54, 1.807) is 34.6 Å². The molecule has 2 N–H and O–H groups in total. The van der Waals surface area contributed by atoms with Crippen molar-refractivity contribution in [2.75, 3.05) is 6.26 Å². The van der Waals surface area contributed by atoms with E-state index in [2.05, 4.69) is 5.43 Å². The Morgan fingerprint density at radius 3 is 2.58 bits per heavy atom. The lowest BCUT2D eigenvalue weighted by molar-refractivity contribution is -0.496. The Kier molecular flexibility index (Phi) is 4.66. The number of aromatic carboxylic acids is 1. The topological polar surface area (TPSA) is 69.4 Å². The lowest BCUT2D eigenvalue weighted by atomic mass is 10.0. The maximum absolute atomic E-state index is 11.9. The summed E-state index contributed by atoms with van der Waals surface area (Å²) < 4.78 is 1.69. The van der Waals surface area contributed by atoms with Crippen LogP contribution >= 0.6 is 11.8 Å². The molecule has 0 spiro atoms. The number of hydrazine groups is 1. The van der Waals surface area contributed by atoms with E-state index in [0.29, 0.717) is 18.5 Å². The van der Waals surface area contributed by atoms with Gasteiger partial charge in [0.2, 0.25) is 11.4 Å². The van der Waals surface area contributed by atoms with Crippen molar-refractivity contribution in [2.24, 2.45) is 0 Å². The number of carbonyl (C=O) groups excluding carboxylic acids is 1. The molecule has 2 aromatic rings. The van der Waals surface area contributed by atoms with Gasteiger partial charge in [0.05, 0.1) is 5.56 Å². The summed E-state index contributed by atoms with van der Waals surface area (Å²) in [6, 6.07) is 14.7. The molecule has 0 fully saturated rings. The van der Waals surface area contributed by atoms with Crippen molar-refractivity contribution < 1.29 is 19.4 Å². The number of carboxylic acids is 1. The van der Waals surface area contributed by atoms with Gasteiger partial charge in [-0.15, -0.1) is 17.2 Å². The fraction of sp³-hybridized carbons (Fsp3) is 0.167. The first-order valence-corrected chi connectivity index (χ1v) is 8.74. The first-order valence-electron chi connectivity index (χ1n) is 7.51. The van der Waals surface area contributed by atoms with Gasteiger partial charge in [-0.3, -0.25) is 4.79 Å². The van der Waals surface area contributed by atoms with Crippen LogP contribution in [0.2, 0.25) is 0 Å². The van der Waals surface area contributed by atoms with Crippen molar-refractivity contribution in [2.45, 2.75) is 17.7 Å². The molecule has 0 bridgehead atoms. The zero-order valence-electron chi connectivity index (χ0n) is 13.2. The van der Waals surface area contributed by atoms with Crippen molar-refractivity contribution in [3.8, 4) is 0 Å². The summed E-state index contributed by atoms with van der Waals surface area (Å²) in [5.74, 6) is -1.08. The molecular formula is C18H17N2O3S+. The molecule has 2 aromatic carbocycles. The molecular weight excluding hydrogens is 324 g/mol. The van der Waals surface area contributed by atoms with Crippen molar-refractivity contribution in [3.05, 3.63) is 59.7 Å². The number of benzene rings is 2. The van der Waals surface area contributed by atoms with E-state index in [9.17, 15) is 14.7 Å². The third kappa shape index (κ3) is 3.33. The van der Waals surface area contributed by atoms with Crippen LogP contribution in [0.1, 0.15) is 28.8 Å². The average Bonchev–Trinajstić information content (AvgIpc) is 2.62. The molecule has 1 aliphatic heterocycles. The molecule has 0 radical (unpaired) electrons. The van der Waals surface area contributed by atoms with Gasteiger partial charge in [-0.25, -0.2) is 4.79 Å². The summed E-state index contributed by atoms with van der Waals surface area (Å²) in [4.78, 5) is 24.2. The van der Waals surface area contributed by atoms with E-state index in [-0.39, 0.29) is 11.5 Å². The molecule has 3 rings (SSSR count). The quantitative estimate of drug-likeness (QED) is 0.662. The van der Waals surface area contributed by atoms with Crippen molar-refractivity contribution in [1.29, 1.82) is 0 Å². The molecule has 0 saturated carbocycles. The van der Waals surface area contributed by atoms with Gasteiger partial charge in [0.15, 0.2) is 0 Å². The molecule has 122 valence electrons. The van der Waals surface area contributed by atoms with Crippen LogP contribution < -0.4 is 5.43 Å². The number of carbonyl (C=O) groups is 2. The van der Waals surface area contributed by atoms with Gasteiger partial charge in [0.25, 0.3) is 5.91 Å². The van der Waals surface area contributed by atoms with E-state index in [1.165, 1.54) is 11.0 Å². The summed E-state index contributed by atoms with van der Waals surface area (Å²) >= 11 is 1.67. The van der Waals surface area contributed by atoms with Gasteiger partial charge in [-0.2, -0.15) is 0 Å². The predicted octanol–water partition coefficient (Wildman–Crippen LogP) is 3.07. The number of thioether (sulfide) groups is 1. The Balaban J connectivity index is 2.10. The minimum absolute atomic E-state index is 0.0831. The summed E-state index contributed by atoms with van der Waals surface area (Å²) in [6.07, 6.45) is 3.03. The van der Waals surface area contributed by atoms with E-state index < -0.39 is 5.97 Å². The SMILES string of the molecule is CSc1ccc(C2=[N+](c3cccc(C(=O)O)c3)NC(=O)CC2)cc1. The fourth-order valence-corrected chi connectivity index (χ4v) is 3.06. The number of amides is 1. The first kappa shape index (κ1) is 16.3. The highest BCUT2D eigenvalue weighted by atomic mass is 32.2. The maximum atomic E-state index is 11.9. The van der Waals surface area contributed by atoms with Gasteiger partial charge in [0.1, 0.15) is 0 Å². The minimum atomic E-state index is -0.994. The number of nitrogens with zero attached hydrogens (tertiary/aromatic N) is 1. The van der Waals surface area contributed by atoms with Crippen LogP contribution in [0.4, 0.5) is 5.69 Å². The number of hydrazone groups is 1. The molecule has 1 heterocycles. The Morgan fingerprint density at radius 2 is 1.92 bits per heavy atom. The Morgan fingerprint density at radius 1 is 1.17 bits per heavy atom. The summed E-state index contributed by atoms with van der Waals surface area (Å²) in [5.41, 5.74) is 5.61. The molecule has 0 aromatic heterocycles. The minimum Gasteiger partial charge on any atom is -0.478 e. The van der Waals surface area contributed by atoms with Crippen LogP contribution in [0.3, 0.4) is 0 Å². The molecule has 0 atom stereocenters. The Hall–Kier alpha value is -2.60. The number of rotatable bonds is 4. The number of carboxylic acid groups (broad SMARTS) is 1. The van der Waals surface area contributed by atoms with Gasteiger partial charge >= 0.3 is 5.97 Å². The van der Waals surface area contributed by atoms with Crippen LogP contribution in [0.5, 0.6) is 0 Å². The maximum Gasteiger partial charge on any atom is 0.335 e. The normalized spacial score (nSPS) is 14.5. The second-order valence-electron chi connectivity index (χ2n) is 5.40. The average molecular weight is 341 g/mol. The largest absolute Gasteiger partial charge is 0.478 e. The first-order chi connectivity index (χ1) is 11.6. The van der Waals surface area contributed by atoms with E-state index in [1.807, 2.05) is 30.5 Å². The number of hydrogen-bond donors (Lipinski definition) is 2. The monoisotopic (exact) mass is 341 g/mol. The fourth-order valence-electron chi connectivity index (χ4n) is 2.65. The second kappa shape index (κ2) is 6.88. The lowest BCUT2D eigenvalue weighted by Crippen LogP contribution is -2.40. The van der Waals surface area contributed by atoms with Crippen molar-refractivity contribution in [3.63, 3.8) is 0 Å². The van der Waals surface area contributed by atoms with Gasteiger partial charge in [-0.1, -0.05) is 10.8 Å². The van der Waals surface area contributed by atoms with Crippen LogP contribution in [-0.2, 0) is 4.79 Å². The summed E-state index contributed by atoms with van der Waals surface area (Å²) in [6.45, 7) is 0. The van der Waals surface area contributed by atoms with Gasteiger partial charge in [-0.05, 0) is 36.6 Å². The van der Waals surface area contributed by atoms with Gasteiger partial charge < -0.3 is 5.11 Å². The molecule has 0 unspecified atom stereocenters. The zero-order chi connectivity index (χ0) is 17.1. The van der Waals surface area contributed by atoms with E-state index >= 15 is 0 Å². The predicted molar refractivity (Wildman–Crippen MR) is 93.0 cm³/mol. The van der Waals surface area contributed by atoms with Crippen molar-refractivity contribution in [1.82, 2.24) is 5.43 Å². The van der Waals surface area contributed by atoms with Crippen LogP contribution in [-0.4, -0.2) is 33.6 Å². The Bertz CT molecular complexity index is 828. The smallest absolute Gasteiger partial charge is 0.335 e. The highest BCUT2D eigenvalue weighted by Crippen LogP contribution is 2.21. The van der Waals surface area contributed by atoms with Gasteiger partial charge in [0, 0.05) is 35.4 Å². The Labute approximate surface area is 144 Å². The van der Waals surface area contributed by atoms with Crippen LogP contribution in [0, 0.1) is 0 Å². The van der Waals surface area contributed by atoms with Crippen LogP contribution in [0.15, 0.2) is 53.4 Å². The number of hydrogen-bond acceptors (Lipinski definition) is 3. The summed E-state index contributed by atoms with van der Waals surface area (Å²) in [7, 11) is 0. The molecule has 24 heavy (non-hydrogen) atoms. The third-order valence-electron chi connectivity index (χ3n) is 3.87. The molecule has 0 saturated heterocycles. The molecule has 1 amide bonds. The molecule has 1 aliphatic rings. The zero-order valence-corrected chi connectivity index (χ0v) is 14.0. The lowest BCUT2D eigenvalue weighted by Gasteiger charge is -2.14. The molecule has 5 nitrogen and oxygen atoms in total. The van der Waals surface area contributed by atoms with Crippen molar-refractivity contribution >= 4 is 35.0 Å². The second-order valence-corrected chi connectivity index (χ2v) is 6.28. The molecule has 0 aliphatic carbocycles. The number of nitrogens with one attached hydrogen (secondary N) is 1. The highest BCUT2D eigenvalue weighted by Gasteiger charge is 2.28. The standard InChI is InChI=1S/C18H16N2O3S/c1-24-15-7-5-12(6-8-15)16-9-10-17(21)19-20(16)14-4-2-3-13(11-14)18(22)23/h2-8,11H,9-10H2,1H3,(H-,19,21,22,23)/p+1. The highest BCUT2D eigenvalue weighted by molar-refractivity contribution is 7.98.